The molecule has 0 saturated heterocycles. The van der Waals surface area contributed by atoms with Gasteiger partial charge >= 0.3 is 20.1 Å². The van der Waals surface area contributed by atoms with Crippen LogP contribution in [0.15, 0.2) is 227 Å². The molecule has 0 fully saturated rings. The summed E-state index contributed by atoms with van der Waals surface area (Å²) < 4.78 is 12.7. The minimum Gasteiger partial charge on any atom is -0.572 e. The number of nitrogens with zero attached hydrogens (tertiary/aromatic N) is 5. The molecule has 0 aliphatic carbocycles. The van der Waals surface area contributed by atoms with Crippen molar-refractivity contribution >= 4 is 33.7 Å². The fraction of sp³-hybridized carbons (Fsp3) is 0.289. The molecule has 0 radical (unpaired) electrons. The number of para-hydroxylation sites is 1. The van der Waals surface area contributed by atoms with Gasteiger partial charge in [-0.3, -0.25) is 15.0 Å². The number of benzene rings is 9. The number of pyridine rings is 1. The summed E-state index contributed by atoms with van der Waals surface area (Å²) in [4.78, 5) is 14.0. The number of aliphatic hydroxyl groups excluding tert-OH is 2. The molecule has 11 heteroatoms. The van der Waals surface area contributed by atoms with Gasteiger partial charge in [-0.15, -0.1) is 36.4 Å². The first-order valence-corrected chi connectivity index (χ1v) is 36.5. The molecule has 518 valence electrons. The monoisotopic (exact) mass is 1520 g/mol. The molecule has 0 aliphatic rings. The van der Waals surface area contributed by atoms with Gasteiger partial charge in [-0.2, -0.15) is 0 Å². The van der Waals surface area contributed by atoms with E-state index < -0.39 is 0 Å². The third-order valence-corrected chi connectivity index (χ3v) is 18.3. The summed E-state index contributed by atoms with van der Waals surface area (Å²) in [6, 6.07) is 79.7. The second-order valence-electron chi connectivity index (χ2n) is 26.1. The Kier molecular flexibility index (Phi) is 28.7. The zero-order valence-corrected chi connectivity index (χ0v) is 61.5. The summed E-state index contributed by atoms with van der Waals surface area (Å²) in [6.07, 6.45) is 26.2. The molecule has 0 saturated carbocycles. The quantitative estimate of drug-likeness (QED) is 0.0284. The van der Waals surface area contributed by atoms with Crippen LogP contribution in [0.3, 0.4) is 0 Å². The number of nitrogens with one attached hydrogen (secondary N) is 1. The van der Waals surface area contributed by atoms with Crippen LogP contribution in [0.2, 0.25) is 0 Å². The van der Waals surface area contributed by atoms with Crippen LogP contribution in [-0.4, -0.2) is 30.3 Å². The Labute approximate surface area is 611 Å². The Morgan fingerprint density at radius 2 is 0.822 bits per heavy atom. The van der Waals surface area contributed by atoms with Gasteiger partial charge in [-0.1, -0.05) is 288 Å². The van der Waals surface area contributed by atoms with Crippen molar-refractivity contribution in [1.29, 1.82) is 0 Å². The van der Waals surface area contributed by atoms with Crippen LogP contribution in [0.25, 0.3) is 101 Å². The van der Waals surface area contributed by atoms with Gasteiger partial charge in [0.2, 0.25) is 0 Å². The summed E-state index contributed by atoms with van der Waals surface area (Å²) in [5.41, 5.74) is 23.8. The van der Waals surface area contributed by atoms with E-state index >= 15 is 0 Å². The molecule has 3 N–H and O–H groups in total. The molecule has 0 spiro atoms. The topological polar surface area (TPSA) is 144 Å². The predicted molar refractivity (Wildman–Crippen MR) is 412 cm³/mol. The smallest absolute Gasteiger partial charge is 0.572 e. The number of unbranched alkanes of at least 4 members (excludes halogenated alkanes) is 12. The van der Waals surface area contributed by atoms with Crippen LogP contribution in [0.5, 0.6) is 0 Å². The zero-order chi connectivity index (χ0) is 69.1. The van der Waals surface area contributed by atoms with Crippen LogP contribution < -0.4 is 10.4 Å². The number of anilines is 2. The van der Waals surface area contributed by atoms with Crippen molar-refractivity contribution in [1.82, 2.24) is 25.1 Å². The molecule has 4 aromatic heterocycles. The first-order valence-electron chi connectivity index (χ1n) is 36.5. The van der Waals surface area contributed by atoms with Crippen LogP contribution in [0, 0.1) is 12.1 Å². The maximum absolute atomic E-state index is 9.65. The van der Waals surface area contributed by atoms with Crippen LogP contribution in [0.1, 0.15) is 164 Å². The molecule has 0 bridgehead atoms. The fourth-order valence-electron chi connectivity index (χ4n) is 13.1. The van der Waals surface area contributed by atoms with Gasteiger partial charge in [-0.05, 0) is 150 Å². The summed E-state index contributed by atoms with van der Waals surface area (Å²) in [5.74, 6) is 1.84. The van der Waals surface area contributed by atoms with Gasteiger partial charge in [0.05, 0.1) is 24.2 Å². The number of fused-ring (bicyclic) bond motifs is 2. The van der Waals surface area contributed by atoms with E-state index in [4.69, 9.17) is 18.8 Å². The van der Waals surface area contributed by atoms with Crippen molar-refractivity contribution in [3.05, 3.63) is 264 Å². The largest absolute Gasteiger partial charge is 3.00 e. The average Bonchev–Trinajstić information content (AvgIpc) is 1.76. The maximum atomic E-state index is 9.65. The SMILES string of the molecule is CCCCCCc1cc(CCCCCC)cc(-c2c(-c3nc4cc(CO)ccc4o3)[c-]ccc2-c2ccccc2)c1.CCCCCCc1cc(CCCCCC)cc(-c2c(-c3nc4cc(CO)ccc4o3)[c-]ccc2-c2ccccc2)c1.[Ir+3].c1ccc(Nc2cc(-c3ccccn3)[n-]n2)cc1. The molecular weight excluding hydrogens is 1420 g/mol. The second kappa shape index (κ2) is 39.0. The third kappa shape index (κ3) is 20.7. The van der Waals surface area contributed by atoms with Gasteiger partial charge in [0.15, 0.2) is 0 Å². The van der Waals surface area contributed by atoms with Crippen molar-refractivity contribution in [2.24, 2.45) is 0 Å². The maximum Gasteiger partial charge on any atom is 3.00 e. The first-order chi connectivity index (χ1) is 49.3. The van der Waals surface area contributed by atoms with E-state index in [1.807, 2.05) is 103 Å². The zero-order valence-electron chi connectivity index (χ0n) is 59.1. The van der Waals surface area contributed by atoms with E-state index in [0.717, 1.165) is 115 Å². The number of rotatable bonds is 31. The standard InChI is InChI=1S/2C38H42NO2.C14H11N4.Ir/c2*1-3-5-7-10-15-28-23-29(16-11-8-6-4-2)25-32(24-28)37-33(31-17-12-9-13-18-31)19-14-20-34(37)38-39-35-26-30(27-40)21-22-36(35)41-38;1-2-6-11(7-3-1)16-14-10-13(17-18-14)12-8-4-5-9-15-12;/h2*9,12-14,17-19,21-26,40H,3-8,10-11,15-16,27H2,1-2H3;1-10H,(H-,16,17,18);/q3*-1;+3. The number of hydrogen-bond donors (Lipinski definition) is 3. The molecule has 13 rings (SSSR count). The van der Waals surface area contributed by atoms with E-state index in [1.54, 1.807) is 6.20 Å². The van der Waals surface area contributed by atoms with Gasteiger partial charge in [0.25, 0.3) is 0 Å². The Balaban J connectivity index is 0.000000174. The van der Waals surface area contributed by atoms with Crippen molar-refractivity contribution in [2.45, 2.75) is 169 Å². The Bertz CT molecular complexity index is 4330. The predicted octanol–water partition coefficient (Wildman–Crippen LogP) is 23.6. The molecule has 0 atom stereocenters. The van der Waals surface area contributed by atoms with Gasteiger partial charge < -0.3 is 34.6 Å². The summed E-state index contributed by atoms with van der Waals surface area (Å²) in [7, 11) is 0. The molecule has 0 amide bonds. The third-order valence-electron chi connectivity index (χ3n) is 18.3. The van der Waals surface area contributed by atoms with Crippen molar-refractivity contribution in [3.63, 3.8) is 0 Å². The molecule has 13 aromatic rings. The van der Waals surface area contributed by atoms with Gasteiger partial charge in [-0.25, -0.2) is 0 Å². The van der Waals surface area contributed by atoms with E-state index in [9.17, 15) is 10.2 Å². The number of aromatic nitrogens is 5. The molecule has 0 unspecified atom stereocenters. The van der Waals surface area contributed by atoms with E-state index in [0.29, 0.717) is 22.9 Å². The molecule has 10 nitrogen and oxygen atoms in total. The summed E-state index contributed by atoms with van der Waals surface area (Å²) in [6.45, 7) is 9.03. The van der Waals surface area contributed by atoms with Crippen LogP contribution >= 0.6 is 0 Å². The minimum atomic E-state index is -0.0227. The summed E-state index contributed by atoms with van der Waals surface area (Å²) >= 11 is 0. The molecule has 101 heavy (non-hydrogen) atoms. The Hall–Kier alpha value is -9.35. The van der Waals surface area contributed by atoms with E-state index in [-0.39, 0.29) is 33.3 Å². The molecular formula is C90H95IrN6O4. The minimum absolute atomic E-state index is 0. The number of aliphatic hydroxyl groups is 2. The molecule has 0 aliphatic heterocycles. The Morgan fingerprint density at radius 1 is 0.406 bits per heavy atom. The summed E-state index contributed by atoms with van der Waals surface area (Å²) in [5, 5.41) is 30.7. The normalized spacial score (nSPS) is 11.1. The number of oxazole rings is 2. The van der Waals surface area contributed by atoms with Crippen LogP contribution in [0.4, 0.5) is 11.5 Å². The fourth-order valence-corrected chi connectivity index (χ4v) is 13.1. The van der Waals surface area contributed by atoms with Crippen LogP contribution in [-0.2, 0) is 59.0 Å². The molecule has 9 aromatic carbocycles. The number of aryl methyl sites for hydroxylation is 4. The first kappa shape index (κ1) is 74.3. The van der Waals surface area contributed by atoms with Crippen molar-refractivity contribution in [2.75, 3.05) is 5.32 Å². The average molecular weight is 1520 g/mol. The van der Waals surface area contributed by atoms with E-state index in [2.05, 4.69) is 170 Å². The van der Waals surface area contributed by atoms with E-state index in [1.165, 1.54) is 136 Å². The van der Waals surface area contributed by atoms with Gasteiger partial charge in [0.1, 0.15) is 28.8 Å². The van der Waals surface area contributed by atoms with Gasteiger partial charge in [0, 0.05) is 17.6 Å². The molecule has 4 heterocycles. The number of hydrogen-bond acceptors (Lipinski definition) is 9. The Morgan fingerprint density at radius 3 is 1.22 bits per heavy atom. The second-order valence-corrected chi connectivity index (χ2v) is 26.1. The van der Waals surface area contributed by atoms with Crippen molar-refractivity contribution < 1.29 is 39.2 Å². The van der Waals surface area contributed by atoms with Crippen molar-refractivity contribution in [3.8, 4) is 78.8 Å².